The first kappa shape index (κ1) is 10.0. The molecule has 0 aliphatic carbocycles. The molecule has 1 nitrogen and oxygen atoms in total. The van der Waals surface area contributed by atoms with Crippen LogP contribution in [0.3, 0.4) is 0 Å². The summed E-state index contributed by atoms with van der Waals surface area (Å²) < 4.78 is 28.1. The molecule has 2 aromatic carbocycles. The lowest BCUT2D eigenvalue weighted by Crippen LogP contribution is -1.94. The Morgan fingerprint density at radius 2 is 1.47 bits per heavy atom. The fraction of sp³-hybridized carbons (Fsp3) is 0. The van der Waals surface area contributed by atoms with Gasteiger partial charge in [-0.15, -0.1) is 0 Å². The number of nitrogens with zero attached hydrogens (tertiary/aromatic N) is 1. The number of fused-ring (bicyclic) bond motifs is 1. The Hall–Kier alpha value is -2.16. The zero-order chi connectivity index (χ0) is 11.8. The Kier molecular flexibility index (Phi) is 2.18. The molecule has 1 heterocycles. The van der Waals surface area contributed by atoms with Crippen LogP contribution in [0.15, 0.2) is 54.9 Å². The van der Waals surface area contributed by atoms with Gasteiger partial charge in [-0.05, 0) is 22.9 Å². The second-order valence-corrected chi connectivity index (χ2v) is 3.89. The molecule has 0 bridgehead atoms. The molecule has 0 aliphatic heterocycles. The van der Waals surface area contributed by atoms with E-state index in [4.69, 9.17) is 0 Å². The molecule has 0 atom stereocenters. The molecule has 84 valence electrons. The molecule has 17 heavy (non-hydrogen) atoms. The summed E-state index contributed by atoms with van der Waals surface area (Å²) in [6.07, 6.45) is 3.65. The molecular weight excluding hydrogens is 220 g/mol. The van der Waals surface area contributed by atoms with Gasteiger partial charge >= 0.3 is 0 Å². The van der Waals surface area contributed by atoms with E-state index >= 15 is 0 Å². The van der Waals surface area contributed by atoms with Gasteiger partial charge in [0.2, 0.25) is 0 Å². The van der Waals surface area contributed by atoms with Gasteiger partial charge in [-0.25, -0.2) is 8.78 Å². The van der Waals surface area contributed by atoms with Crippen molar-refractivity contribution in [3.63, 3.8) is 0 Å². The van der Waals surface area contributed by atoms with Crippen molar-refractivity contribution < 1.29 is 8.78 Å². The maximum atomic E-state index is 13.6. The smallest absolute Gasteiger partial charge is 0.150 e. The summed E-state index contributed by atoms with van der Waals surface area (Å²) >= 11 is 0. The minimum absolute atomic E-state index is 0.350. The van der Waals surface area contributed by atoms with Crippen molar-refractivity contribution in [1.29, 1.82) is 0 Å². The normalized spacial score (nSPS) is 10.9. The van der Waals surface area contributed by atoms with Crippen LogP contribution in [0.4, 0.5) is 8.78 Å². The van der Waals surface area contributed by atoms with Crippen molar-refractivity contribution in [2.75, 3.05) is 0 Å². The molecule has 0 unspecified atom stereocenters. The summed E-state index contributed by atoms with van der Waals surface area (Å²) in [5.74, 6) is -1.13. The van der Waals surface area contributed by atoms with E-state index in [2.05, 4.69) is 0 Å². The fourth-order valence-electron chi connectivity index (χ4n) is 1.91. The largest absolute Gasteiger partial charge is 0.320 e. The number of rotatable bonds is 1. The third-order valence-electron chi connectivity index (χ3n) is 2.74. The Morgan fingerprint density at radius 3 is 2.06 bits per heavy atom. The molecule has 1 aromatic heterocycles. The first-order valence-corrected chi connectivity index (χ1v) is 5.26. The lowest BCUT2D eigenvalue weighted by molar-refractivity contribution is 0.578. The molecule has 3 rings (SSSR count). The fourth-order valence-corrected chi connectivity index (χ4v) is 1.91. The minimum atomic E-state index is -0.567. The lowest BCUT2D eigenvalue weighted by Gasteiger charge is -2.03. The number of hydrogen-bond donors (Lipinski definition) is 0. The van der Waals surface area contributed by atoms with Gasteiger partial charge in [0, 0.05) is 18.5 Å². The molecule has 0 N–H and O–H groups in total. The molecular formula is C14H9F2N. The Labute approximate surface area is 96.9 Å². The van der Waals surface area contributed by atoms with E-state index in [1.807, 2.05) is 36.7 Å². The van der Waals surface area contributed by atoms with Crippen molar-refractivity contribution in [3.05, 3.63) is 66.5 Å². The van der Waals surface area contributed by atoms with Crippen LogP contribution in [0.1, 0.15) is 0 Å². The van der Waals surface area contributed by atoms with Gasteiger partial charge in [-0.2, -0.15) is 0 Å². The number of aromatic nitrogens is 1. The van der Waals surface area contributed by atoms with E-state index in [0.29, 0.717) is 5.69 Å². The summed E-state index contributed by atoms with van der Waals surface area (Å²) in [6.45, 7) is 0. The predicted octanol–water partition coefficient (Wildman–Crippen LogP) is 3.91. The molecule has 0 fully saturated rings. The number of hydrogen-bond acceptors (Lipinski definition) is 0. The van der Waals surface area contributed by atoms with Crippen LogP contribution < -0.4 is 0 Å². The van der Waals surface area contributed by atoms with Gasteiger partial charge in [-0.1, -0.05) is 24.3 Å². The van der Waals surface area contributed by atoms with Crippen LogP contribution in [-0.4, -0.2) is 4.57 Å². The van der Waals surface area contributed by atoms with E-state index in [0.717, 1.165) is 16.8 Å². The summed E-state index contributed by atoms with van der Waals surface area (Å²) in [4.78, 5) is 0. The maximum Gasteiger partial charge on any atom is 0.150 e. The standard InChI is InChI=1S/C14H9F2N/c15-12-5-6-14(13(16)7-12)17-8-10-3-1-2-4-11(10)9-17/h1-9H. The average molecular weight is 229 g/mol. The van der Waals surface area contributed by atoms with E-state index < -0.39 is 11.6 Å². The quantitative estimate of drug-likeness (QED) is 0.596. The third kappa shape index (κ3) is 1.69. The van der Waals surface area contributed by atoms with Crippen molar-refractivity contribution in [3.8, 4) is 5.69 Å². The lowest BCUT2D eigenvalue weighted by atomic mass is 10.2. The van der Waals surface area contributed by atoms with Crippen molar-refractivity contribution in [1.82, 2.24) is 4.57 Å². The van der Waals surface area contributed by atoms with Crippen LogP contribution in [0.25, 0.3) is 16.5 Å². The molecule has 0 spiro atoms. The Balaban J connectivity index is 2.20. The van der Waals surface area contributed by atoms with E-state index in [1.54, 1.807) is 4.57 Å². The van der Waals surface area contributed by atoms with Gasteiger partial charge < -0.3 is 4.57 Å². The number of halogens is 2. The topological polar surface area (TPSA) is 4.93 Å². The molecule has 3 aromatic rings. The van der Waals surface area contributed by atoms with Gasteiger partial charge in [0.15, 0.2) is 0 Å². The molecule has 3 heteroatoms. The van der Waals surface area contributed by atoms with E-state index in [-0.39, 0.29) is 0 Å². The van der Waals surface area contributed by atoms with E-state index in [9.17, 15) is 8.78 Å². The second kappa shape index (κ2) is 3.70. The molecule has 0 saturated heterocycles. The summed E-state index contributed by atoms with van der Waals surface area (Å²) in [6, 6.07) is 11.3. The predicted molar refractivity (Wildman–Crippen MR) is 63.2 cm³/mol. The van der Waals surface area contributed by atoms with Crippen molar-refractivity contribution >= 4 is 10.8 Å². The average Bonchev–Trinajstić information content (AvgIpc) is 2.72. The minimum Gasteiger partial charge on any atom is -0.320 e. The first-order chi connectivity index (χ1) is 8.24. The third-order valence-corrected chi connectivity index (χ3v) is 2.74. The molecule has 0 amide bonds. The SMILES string of the molecule is Fc1ccc(-n2cc3ccccc3c2)c(F)c1. The van der Waals surface area contributed by atoms with Crippen LogP contribution in [0.5, 0.6) is 0 Å². The second-order valence-electron chi connectivity index (χ2n) is 3.89. The van der Waals surface area contributed by atoms with Crippen LogP contribution in [-0.2, 0) is 0 Å². The molecule has 0 radical (unpaired) electrons. The molecule has 0 aliphatic rings. The van der Waals surface area contributed by atoms with Crippen molar-refractivity contribution in [2.45, 2.75) is 0 Å². The van der Waals surface area contributed by atoms with Gasteiger partial charge in [0.25, 0.3) is 0 Å². The summed E-state index contributed by atoms with van der Waals surface area (Å²) in [7, 11) is 0. The van der Waals surface area contributed by atoms with Crippen LogP contribution >= 0.6 is 0 Å². The van der Waals surface area contributed by atoms with Crippen molar-refractivity contribution in [2.24, 2.45) is 0 Å². The summed E-state index contributed by atoms with van der Waals surface area (Å²) in [5.41, 5.74) is 0.350. The highest BCUT2D eigenvalue weighted by atomic mass is 19.1. The van der Waals surface area contributed by atoms with Gasteiger partial charge in [0.05, 0.1) is 5.69 Å². The highest BCUT2D eigenvalue weighted by molar-refractivity contribution is 5.82. The molecule has 0 saturated carbocycles. The number of benzene rings is 2. The Bertz CT molecular complexity index is 653. The van der Waals surface area contributed by atoms with E-state index in [1.165, 1.54) is 12.1 Å². The Morgan fingerprint density at radius 1 is 0.824 bits per heavy atom. The first-order valence-electron chi connectivity index (χ1n) is 5.26. The van der Waals surface area contributed by atoms with Crippen LogP contribution in [0, 0.1) is 11.6 Å². The highest BCUT2D eigenvalue weighted by Gasteiger charge is 2.06. The monoisotopic (exact) mass is 229 g/mol. The van der Waals surface area contributed by atoms with Crippen LogP contribution in [0.2, 0.25) is 0 Å². The zero-order valence-corrected chi connectivity index (χ0v) is 8.90. The van der Waals surface area contributed by atoms with Gasteiger partial charge in [-0.3, -0.25) is 0 Å². The van der Waals surface area contributed by atoms with Gasteiger partial charge in [0.1, 0.15) is 11.6 Å². The highest BCUT2D eigenvalue weighted by Crippen LogP contribution is 2.20. The summed E-state index contributed by atoms with van der Waals surface area (Å²) in [5, 5.41) is 2.05. The maximum absolute atomic E-state index is 13.6. The zero-order valence-electron chi connectivity index (χ0n) is 8.90.